The topological polar surface area (TPSA) is 72.6 Å². The zero-order valence-electron chi connectivity index (χ0n) is 17.7. The molecule has 0 aromatic heterocycles. The van der Waals surface area contributed by atoms with Gasteiger partial charge in [-0.25, -0.2) is 21.7 Å². The molecule has 0 saturated carbocycles. The molecule has 2 aliphatic carbocycles. The lowest BCUT2D eigenvalue weighted by atomic mass is 9.91. The van der Waals surface area contributed by atoms with Gasteiger partial charge in [-0.3, -0.25) is 0 Å². The molecule has 0 N–H and O–H groups in total. The second kappa shape index (κ2) is 9.43. The van der Waals surface area contributed by atoms with E-state index in [1.54, 1.807) is 6.07 Å². The van der Waals surface area contributed by atoms with E-state index >= 15 is 0 Å². The Hall–Kier alpha value is -1.69. The van der Waals surface area contributed by atoms with Crippen LogP contribution in [0.25, 0.3) is 4.85 Å². The fourth-order valence-electron chi connectivity index (χ4n) is 4.45. The Balaban J connectivity index is 0.000000176. The van der Waals surface area contributed by atoms with E-state index in [2.05, 4.69) is 20.8 Å². The summed E-state index contributed by atoms with van der Waals surface area (Å²) in [4.78, 5) is 4.08. The smallest absolute Gasteiger partial charge is 0.205 e. The van der Waals surface area contributed by atoms with Crippen molar-refractivity contribution in [2.75, 3.05) is 12.5 Å². The molecule has 5 nitrogen and oxygen atoms in total. The molecule has 166 valence electrons. The second-order valence-corrected chi connectivity index (χ2v) is 12.9. The summed E-state index contributed by atoms with van der Waals surface area (Å²) in [5.41, 5.74) is 4.47. The average molecular weight is 525 g/mol. The number of hydrogen-bond donors (Lipinski definition) is 0. The van der Waals surface area contributed by atoms with Gasteiger partial charge in [0.1, 0.15) is 0 Å². The van der Waals surface area contributed by atoms with Crippen LogP contribution in [0.4, 0.5) is 5.69 Å². The fourth-order valence-corrected chi connectivity index (χ4v) is 7.98. The summed E-state index contributed by atoms with van der Waals surface area (Å²) < 4.78 is 47.6. The number of benzene rings is 2. The molecular formula is C23H26BrNO4S2. The molecule has 31 heavy (non-hydrogen) atoms. The monoisotopic (exact) mass is 523 g/mol. The summed E-state index contributed by atoms with van der Waals surface area (Å²) in [5, 5.41) is 0. The first-order valence-corrected chi connectivity index (χ1v) is 14.8. The third kappa shape index (κ3) is 5.39. The van der Waals surface area contributed by atoms with Gasteiger partial charge in [0.2, 0.25) is 5.69 Å². The first-order chi connectivity index (χ1) is 14.5. The highest BCUT2D eigenvalue weighted by Gasteiger charge is 2.23. The van der Waals surface area contributed by atoms with Crippen LogP contribution in [0.5, 0.6) is 0 Å². The highest BCUT2D eigenvalue weighted by Crippen LogP contribution is 2.35. The highest BCUT2D eigenvalue weighted by molar-refractivity contribution is 9.10. The zero-order chi connectivity index (χ0) is 22.8. The van der Waals surface area contributed by atoms with Crippen LogP contribution in [-0.2, 0) is 45.4 Å². The number of fused-ring (bicyclic) bond motifs is 2. The van der Waals surface area contributed by atoms with Crippen molar-refractivity contribution in [1.82, 2.24) is 0 Å². The molecule has 2 aromatic carbocycles. The maximum absolute atomic E-state index is 11.7. The third-order valence-electron chi connectivity index (χ3n) is 5.75. The number of aryl methyl sites for hydroxylation is 2. The quantitative estimate of drug-likeness (QED) is 0.503. The molecule has 0 fully saturated rings. The minimum atomic E-state index is -3.30. The van der Waals surface area contributed by atoms with Gasteiger partial charge in [0, 0.05) is 17.0 Å². The first kappa shape index (κ1) is 24.0. The molecule has 0 atom stereocenters. The van der Waals surface area contributed by atoms with Gasteiger partial charge in [0.05, 0.1) is 16.4 Å². The lowest BCUT2D eigenvalue weighted by molar-refractivity contribution is 0.595. The normalized spacial score (nSPS) is 15.7. The van der Waals surface area contributed by atoms with Crippen LogP contribution in [-0.4, -0.2) is 29.3 Å². The Kier molecular flexibility index (Phi) is 7.29. The average Bonchev–Trinajstić information content (AvgIpc) is 2.71. The predicted molar refractivity (Wildman–Crippen MR) is 126 cm³/mol. The van der Waals surface area contributed by atoms with Crippen molar-refractivity contribution < 1.29 is 16.8 Å². The lowest BCUT2D eigenvalue weighted by Crippen LogP contribution is -2.10. The second-order valence-electron chi connectivity index (χ2n) is 8.14. The van der Waals surface area contributed by atoms with E-state index in [4.69, 9.17) is 6.57 Å². The maximum atomic E-state index is 11.7. The van der Waals surface area contributed by atoms with Gasteiger partial charge in [-0.1, -0.05) is 18.2 Å². The van der Waals surface area contributed by atoms with Gasteiger partial charge in [0.25, 0.3) is 0 Å². The standard InChI is InChI=1S/C12H13NO2S.C11H13BrO2S/c1-13-11-8-7-9-5-3-4-6-10(9)12(11)16(2,14)15;1-15(13,14)11-9-5-3-2-4-8(9)6-7-10(11)12/h7-8H,3-6H2,2H3;6-7H,2-5H2,1H3. The van der Waals surface area contributed by atoms with Crippen molar-refractivity contribution in [1.29, 1.82) is 0 Å². The fraction of sp³-hybridized carbons (Fsp3) is 0.435. The number of sulfone groups is 2. The van der Waals surface area contributed by atoms with Gasteiger partial charge in [-0.15, -0.1) is 0 Å². The first-order valence-electron chi connectivity index (χ1n) is 10.3. The molecule has 8 heteroatoms. The summed E-state index contributed by atoms with van der Waals surface area (Å²) in [6, 6.07) is 7.41. The van der Waals surface area contributed by atoms with E-state index in [0.717, 1.165) is 68.1 Å². The summed E-state index contributed by atoms with van der Waals surface area (Å²) in [6.45, 7) is 7.04. The lowest BCUT2D eigenvalue weighted by Gasteiger charge is -2.19. The minimum Gasteiger partial charge on any atom is -0.237 e. The van der Waals surface area contributed by atoms with Crippen LogP contribution in [0.3, 0.4) is 0 Å². The summed E-state index contributed by atoms with van der Waals surface area (Å²) >= 11 is 3.33. The number of hydrogen-bond acceptors (Lipinski definition) is 4. The number of halogens is 1. The van der Waals surface area contributed by atoms with Gasteiger partial charge < -0.3 is 0 Å². The third-order valence-corrected chi connectivity index (χ3v) is 9.08. The van der Waals surface area contributed by atoms with Crippen LogP contribution >= 0.6 is 15.9 Å². The number of nitrogens with zero attached hydrogens (tertiary/aromatic N) is 1. The molecule has 0 radical (unpaired) electrons. The van der Waals surface area contributed by atoms with Crippen molar-refractivity contribution in [3.05, 3.63) is 62.4 Å². The Morgan fingerprint density at radius 1 is 0.742 bits per heavy atom. The predicted octanol–water partition coefficient (Wildman–Crippen LogP) is 5.25. The molecule has 0 unspecified atom stereocenters. The molecule has 0 spiro atoms. The van der Waals surface area contributed by atoms with Crippen LogP contribution < -0.4 is 0 Å². The molecule has 0 heterocycles. The van der Waals surface area contributed by atoms with Gasteiger partial charge in [-0.2, -0.15) is 0 Å². The van der Waals surface area contributed by atoms with Gasteiger partial charge in [0.15, 0.2) is 19.7 Å². The van der Waals surface area contributed by atoms with Gasteiger partial charge in [-0.05, 0) is 95.6 Å². The maximum Gasteiger partial charge on any atom is 0.205 e. The van der Waals surface area contributed by atoms with Crippen molar-refractivity contribution in [3.8, 4) is 0 Å². The van der Waals surface area contributed by atoms with Crippen LogP contribution in [0.2, 0.25) is 0 Å². The van der Waals surface area contributed by atoms with Gasteiger partial charge >= 0.3 is 0 Å². The van der Waals surface area contributed by atoms with Crippen molar-refractivity contribution in [2.45, 2.75) is 61.2 Å². The number of rotatable bonds is 2. The van der Waals surface area contributed by atoms with E-state index in [1.807, 2.05) is 18.2 Å². The molecular weight excluding hydrogens is 498 g/mol. The summed E-state index contributed by atoms with van der Waals surface area (Å²) in [7, 11) is -6.42. The molecule has 2 aliphatic rings. The van der Waals surface area contributed by atoms with Crippen molar-refractivity contribution in [2.24, 2.45) is 0 Å². The molecule has 4 rings (SSSR count). The van der Waals surface area contributed by atoms with E-state index < -0.39 is 19.7 Å². The Morgan fingerprint density at radius 2 is 1.19 bits per heavy atom. The SMILES string of the molecule is CS(=O)(=O)c1c(Br)ccc2c1CCCC2.[C-]#[N+]c1ccc2c(c1S(C)(=O)=O)CCCC2. The molecule has 0 saturated heterocycles. The minimum absolute atomic E-state index is 0.264. The largest absolute Gasteiger partial charge is 0.237 e. The highest BCUT2D eigenvalue weighted by atomic mass is 79.9. The zero-order valence-corrected chi connectivity index (χ0v) is 21.0. The summed E-state index contributed by atoms with van der Waals surface area (Å²) in [6.07, 6.45) is 10.4. The van der Waals surface area contributed by atoms with E-state index in [0.29, 0.717) is 9.37 Å². The summed E-state index contributed by atoms with van der Waals surface area (Å²) in [5.74, 6) is 0. The van der Waals surface area contributed by atoms with Crippen LogP contribution in [0, 0.1) is 6.57 Å². The molecule has 0 aliphatic heterocycles. The molecule has 0 amide bonds. The Labute approximate surface area is 193 Å². The van der Waals surface area contributed by atoms with E-state index in [9.17, 15) is 16.8 Å². The van der Waals surface area contributed by atoms with Crippen LogP contribution in [0.1, 0.15) is 47.9 Å². The van der Waals surface area contributed by atoms with E-state index in [-0.39, 0.29) is 10.6 Å². The van der Waals surface area contributed by atoms with Crippen LogP contribution in [0.15, 0.2) is 38.5 Å². The van der Waals surface area contributed by atoms with Crippen molar-refractivity contribution >= 4 is 41.3 Å². The van der Waals surface area contributed by atoms with E-state index in [1.165, 1.54) is 18.1 Å². The Bertz CT molecular complexity index is 1260. The Morgan fingerprint density at radius 3 is 1.68 bits per heavy atom. The molecule has 2 aromatic rings. The van der Waals surface area contributed by atoms with Crippen molar-refractivity contribution in [3.63, 3.8) is 0 Å². The molecule has 0 bridgehead atoms.